The molecule has 0 radical (unpaired) electrons. The molecule has 0 aromatic rings. The molecule has 0 spiro atoms. The minimum Gasteiger partial charge on any atom is -0.378 e. The number of ether oxygens (including phenoxy) is 1. The fourth-order valence-corrected chi connectivity index (χ4v) is 3.45. The molecular formula is C12H23NO3S2. The molecule has 0 fully saturated rings. The molecule has 106 valence electrons. The van der Waals surface area contributed by atoms with Crippen LogP contribution >= 0.6 is 21.6 Å². The lowest BCUT2D eigenvalue weighted by atomic mass is 10.3. The summed E-state index contributed by atoms with van der Waals surface area (Å²) < 4.78 is 5.64. The van der Waals surface area contributed by atoms with Crippen molar-refractivity contribution in [3.05, 3.63) is 4.91 Å². The van der Waals surface area contributed by atoms with E-state index in [1.54, 1.807) is 21.6 Å². The molecule has 0 aliphatic carbocycles. The largest absolute Gasteiger partial charge is 0.378 e. The summed E-state index contributed by atoms with van der Waals surface area (Å²) in [4.78, 5) is 20.4. The van der Waals surface area contributed by atoms with Crippen molar-refractivity contribution in [3.63, 3.8) is 0 Å². The molecule has 0 N–H and O–H groups in total. The molecule has 0 aliphatic heterocycles. The molecule has 1 amide bonds. The molecule has 0 aromatic heterocycles. The summed E-state index contributed by atoms with van der Waals surface area (Å²) in [7, 11) is 3.54. The van der Waals surface area contributed by atoms with Crippen LogP contribution in [0.3, 0.4) is 0 Å². The Morgan fingerprint density at radius 1 is 1.28 bits per heavy atom. The highest BCUT2D eigenvalue weighted by Crippen LogP contribution is 2.24. The van der Waals surface area contributed by atoms with Crippen molar-refractivity contribution < 1.29 is 9.53 Å². The molecule has 1 unspecified atom stereocenters. The van der Waals surface area contributed by atoms with Crippen LogP contribution in [0.5, 0.6) is 0 Å². The second-order valence-corrected chi connectivity index (χ2v) is 6.76. The maximum atomic E-state index is 10.6. The SMILES string of the molecule is CCCCOC(C)CCSSCCCC(=O)N=O. The third-order valence-corrected chi connectivity index (χ3v) is 4.84. The van der Waals surface area contributed by atoms with Gasteiger partial charge in [0.1, 0.15) is 0 Å². The van der Waals surface area contributed by atoms with E-state index in [0.717, 1.165) is 37.4 Å². The van der Waals surface area contributed by atoms with Gasteiger partial charge in [0.2, 0.25) is 0 Å². The summed E-state index contributed by atoms with van der Waals surface area (Å²) in [5, 5.41) is 2.36. The van der Waals surface area contributed by atoms with Crippen molar-refractivity contribution in [2.45, 2.75) is 52.1 Å². The van der Waals surface area contributed by atoms with Crippen molar-refractivity contribution in [1.82, 2.24) is 0 Å². The summed E-state index contributed by atoms with van der Waals surface area (Å²) in [6, 6.07) is 0. The van der Waals surface area contributed by atoms with E-state index in [9.17, 15) is 9.70 Å². The zero-order valence-electron chi connectivity index (χ0n) is 11.2. The molecule has 0 heterocycles. The van der Waals surface area contributed by atoms with Crippen molar-refractivity contribution in [1.29, 1.82) is 0 Å². The Hall–Kier alpha value is -0.0700. The molecule has 0 aromatic carbocycles. The Bertz CT molecular complexity index is 227. The van der Waals surface area contributed by atoms with Gasteiger partial charge in [0, 0.05) is 29.7 Å². The van der Waals surface area contributed by atoms with E-state index in [2.05, 4.69) is 19.0 Å². The number of rotatable bonds is 12. The molecule has 0 saturated carbocycles. The summed E-state index contributed by atoms with van der Waals surface area (Å²) in [6.45, 7) is 5.12. The lowest BCUT2D eigenvalue weighted by Crippen LogP contribution is -2.09. The van der Waals surface area contributed by atoms with Crippen LogP contribution in [0.2, 0.25) is 0 Å². The third-order valence-electron chi connectivity index (χ3n) is 2.31. The van der Waals surface area contributed by atoms with Gasteiger partial charge in [-0.15, -0.1) is 4.91 Å². The first-order chi connectivity index (χ1) is 8.70. The highest BCUT2D eigenvalue weighted by atomic mass is 33.1. The normalized spacial score (nSPS) is 12.3. The van der Waals surface area contributed by atoms with Crippen molar-refractivity contribution in [3.8, 4) is 0 Å². The minimum absolute atomic E-state index is 0.271. The van der Waals surface area contributed by atoms with E-state index >= 15 is 0 Å². The first kappa shape index (κ1) is 17.9. The van der Waals surface area contributed by atoms with Crippen LogP contribution in [0.4, 0.5) is 0 Å². The Balaban J connectivity index is 3.19. The van der Waals surface area contributed by atoms with E-state index in [1.165, 1.54) is 6.42 Å². The van der Waals surface area contributed by atoms with Crippen LogP contribution in [0, 0.1) is 4.91 Å². The predicted molar refractivity (Wildman–Crippen MR) is 79.9 cm³/mol. The first-order valence-corrected chi connectivity index (χ1v) is 8.91. The van der Waals surface area contributed by atoms with Gasteiger partial charge in [-0.1, -0.05) is 34.9 Å². The molecule has 0 saturated heterocycles. The van der Waals surface area contributed by atoms with Crippen LogP contribution < -0.4 is 0 Å². The van der Waals surface area contributed by atoms with Crippen molar-refractivity contribution >= 4 is 27.5 Å². The Morgan fingerprint density at radius 3 is 2.67 bits per heavy atom. The molecule has 4 nitrogen and oxygen atoms in total. The second kappa shape index (κ2) is 13.4. The number of amides is 1. The standard InChI is InChI=1S/C12H23NO3S2/c1-3-4-8-16-11(2)7-10-18-17-9-5-6-12(14)13-15/h11H,3-10H2,1-2H3. The number of nitrogens with zero attached hydrogens (tertiary/aromatic N) is 1. The van der Waals surface area contributed by atoms with Gasteiger partial charge in [-0.2, -0.15) is 0 Å². The van der Waals surface area contributed by atoms with Crippen LogP contribution in [0.1, 0.15) is 46.0 Å². The van der Waals surface area contributed by atoms with E-state index in [4.69, 9.17) is 4.74 Å². The maximum absolute atomic E-state index is 10.6. The highest BCUT2D eigenvalue weighted by Gasteiger charge is 2.03. The van der Waals surface area contributed by atoms with Crippen molar-refractivity contribution in [2.75, 3.05) is 18.1 Å². The monoisotopic (exact) mass is 293 g/mol. The van der Waals surface area contributed by atoms with Gasteiger partial charge in [-0.25, -0.2) is 0 Å². The van der Waals surface area contributed by atoms with Crippen LogP contribution in [-0.2, 0) is 9.53 Å². The molecule has 0 bridgehead atoms. The Morgan fingerprint density at radius 2 is 2.00 bits per heavy atom. The van der Waals surface area contributed by atoms with E-state index in [1.807, 2.05) is 0 Å². The number of hydrogen-bond donors (Lipinski definition) is 0. The Labute approximate surface area is 117 Å². The second-order valence-electron chi connectivity index (χ2n) is 4.06. The van der Waals surface area contributed by atoms with Gasteiger partial charge in [-0.3, -0.25) is 4.79 Å². The van der Waals surface area contributed by atoms with E-state index in [0.29, 0.717) is 6.10 Å². The number of carbonyl (C=O) groups is 1. The van der Waals surface area contributed by atoms with Crippen LogP contribution in [0.25, 0.3) is 0 Å². The lowest BCUT2D eigenvalue weighted by Gasteiger charge is -2.11. The van der Waals surface area contributed by atoms with Crippen molar-refractivity contribution in [2.24, 2.45) is 5.18 Å². The average molecular weight is 293 g/mol. The quantitative estimate of drug-likeness (QED) is 0.309. The molecule has 1 atom stereocenters. The molecule has 0 rings (SSSR count). The van der Waals surface area contributed by atoms with Gasteiger partial charge in [0.15, 0.2) is 0 Å². The number of hydrogen-bond acceptors (Lipinski definition) is 5. The summed E-state index contributed by atoms with van der Waals surface area (Å²) in [5.74, 6) is 1.40. The fraction of sp³-hybridized carbons (Fsp3) is 0.917. The number of carbonyl (C=O) groups excluding carboxylic acids is 1. The van der Waals surface area contributed by atoms with Crippen LogP contribution in [-0.4, -0.2) is 30.1 Å². The first-order valence-electron chi connectivity index (χ1n) is 6.42. The average Bonchev–Trinajstić information content (AvgIpc) is 2.37. The smallest absolute Gasteiger partial charge is 0.286 e. The van der Waals surface area contributed by atoms with Gasteiger partial charge in [0.25, 0.3) is 5.91 Å². The predicted octanol–water partition coefficient (Wildman–Crippen LogP) is 4.04. The molecule has 18 heavy (non-hydrogen) atoms. The summed E-state index contributed by atoms with van der Waals surface area (Å²) in [6.07, 6.45) is 4.68. The zero-order valence-corrected chi connectivity index (χ0v) is 12.9. The minimum atomic E-state index is -0.543. The summed E-state index contributed by atoms with van der Waals surface area (Å²) >= 11 is 0. The molecule has 6 heteroatoms. The van der Waals surface area contributed by atoms with Gasteiger partial charge < -0.3 is 4.74 Å². The summed E-state index contributed by atoms with van der Waals surface area (Å²) in [5.41, 5.74) is 0. The highest BCUT2D eigenvalue weighted by molar-refractivity contribution is 8.76. The van der Waals surface area contributed by atoms with E-state index < -0.39 is 5.91 Å². The van der Waals surface area contributed by atoms with Gasteiger partial charge >= 0.3 is 0 Å². The molecule has 0 aliphatic rings. The zero-order chi connectivity index (χ0) is 13.6. The van der Waals surface area contributed by atoms with Crippen LogP contribution in [0.15, 0.2) is 5.18 Å². The number of unbranched alkanes of at least 4 members (excludes halogenated alkanes) is 1. The van der Waals surface area contributed by atoms with Gasteiger partial charge in [0.05, 0.1) is 6.10 Å². The topological polar surface area (TPSA) is 55.7 Å². The third kappa shape index (κ3) is 12.4. The van der Waals surface area contributed by atoms with Gasteiger partial charge in [-0.05, 0) is 26.2 Å². The Kier molecular flexibility index (Phi) is 13.3. The lowest BCUT2D eigenvalue weighted by molar-refractivity contribution is -0.117. The van der Waals surface area contributed by atoms with E-state index in [-0.39, 0.29) is 6.42 Å². The fourth-order valence-electron chi connectivity index (χ4n) is 1.17. The maximum Gasteiger partial charge on any atom is 0.286 e. The molecular weight excluding hydrogens is 270 g/mol. The number of nitroso groups, excluding NO2 is 1.